The quantitative estimate of drug-likeness (QED) is 0.891. The molecular weight excluding hydrogens is 230 g/mol. The number of nitrogens with zero attached hydrogens (tertiary/aromatic N) is 2. The van der Waals surface area contributed by atoms with Gasteiger partial charge in [0.15, 0.2) is 0 Å². The molecule has 0 aliphatic rings. The molecule has 78 valence electrons. The average molecular weight is 240 g/mol. The molecule has 15 heavy (non-hydrogen) atoms. The summed E-state index contributed by atoms with van der Waals surface area (Å²) in [5.74, 6) is 0. The van der Waals surface area contributed by atoms with Crippen molar-refractivity contribution in [2.24, 2.45) is 0 Å². The van der Waals surface area contributed by atoms with E-state index in [9.17, 15) is 0 Å². The molecule has 0 saturated carbocycles. The highest BCUT2D eigenvalue weighted by molar-refractivity contribution is 7.10. The summed E-state index contributed by atoms with van der Waals surface area (Å²) in [4.78, 5) is 9.21. The Balaban J connectivity index is 1.80. The van der Waals surface area contributed by atoms with Gasteiger partial charge in [0.25, 0.3) is 0 Å². The minimum absolute atomic E-state index is 0.748. The lowest BCUT2D eigenvalue weighted by Crippen LogP contribution is -2.12. The molecule has 0 aliphatic heterocycles. The number of hydrogen-bond acceptors (Lipinski definition) is 4. The van der Waals surface area contributed by atoms with E-state index in [1.165, 1.54) is 4.88 Å². The molecule has 0 saturated heterocycles. The van der Waals surface area contributed by atoms with Crippen LogP contribution in [0, 0.1) is 0 Å². The molecule has 0 atom stereocenters. The maximum atomic E-state index is 5.82. The lowest BCUT2D eigenvalue weighted by molar-refractivity contribution is 0.684. The zero-order valence-electron chi connectivity index (χ0n) is 7.98. The van der Waals surface area contributed by atoms with Gasteiger partial charge in [0.2, 0.25) is 0 Å². The molecule has 0 spiro atoms. The van der Waals surface area contributed by atoms with Crippen LogP contribution in [-0.4, -0.2) is 9.97 Å². The van der Waals surface area contributed by atoms with Crippen LogP contribution in [0.3, 0.4) is 0 Å². The number of hydrogen-bond donors (Lipinski definition) is 1. The standard InChI is InChI=1S/C10H10ClN3S/c11-8-3-10(15-6-8)5-13-4-9-1-2-12-7-14-9/h1-3,6-7,13H,4-5H2. The number of rotatable bonds is 4. The lowest BCUT2D eigenvalue weighted by Gasteiger charge is -2.01. The molecule has 0 unspecified atom stereocenters. The van der Waals surface area contributed by atoms with E-state index in [2.05, 4.69) is 15.3 Å². The van der Waals surface area contributed by atoms with E-state index in [0.29, 0.717) is 0 Å². The first-order chi connectivity index (χ1) is 7.34. The monoisotopic (exact) mass is 239 g/mol. The number of nitrogens with one attached hydrogen (secondary N) is 1. The van der Waals surface area contributed by atoms with Gasteiger partial charge >= 0.3 is 0 Å². The molecule has 0 amide bonds. The highest BCUT2D eigenvalue weighted by atomic mass is 35.5. The Morgan fingerprint density at radius 1 is 1.40 bits per heavy atom. The first kappa shape index (κ1) is 10.5. The fourth-order valence-electron chi connectivity index (χ4n) is 1.18. The van der Waals surface area contributed by atoms with Gasteiger partial charge in [-0.25, -0.2) is 9.97 Å². The van der Waals surface area contributed by atoms with E-state index in [-0.39, 0.29) is 0 Å². The van der Waals surface area contributed by atoms with E-state index in [0.717, 1.165) is 23.8 Å². The molecule has 1 N–H and O–H groups in total. The highest BCUT2D eigenvalue weighted by Crippen LogP contribution is 2.18. The molecule has 0 bridgehead atoms. The van der Waals surface area contributed by atoms with Crippen molar-refractivity contribution in [2.45, 2.75) is 13.1 Å². The van der Waals surface area contributed by atoms with Gasteiger partial charge in [-0.05, 0) is 12.1 Å². The smallest absolute Gasteiger partial charge is 0.115 e. The van der Waals surface area contributed by atoms with Crippen LogP contribution in [0.2, 0.25) is 5.02 Å². The van der Waals surface area contributed by atoms with Crippen LogP contribution in [0.5, 0.6) is 0 Å². The molecular formula is C10H10ClN3S. The maximum Gasteiger partial charge on any atom is 0.115 e. The zero-order valence-corrected chi connectivity index (χ0v) is 9.55. The summed E-state index contributed by atoms with van der Waals surface area (Å²) in [6.07, 6.45) is 3.30. The number of halogens is 1. The van der Waals surface area contributed by atoms with Crippen molar-refractivity contribution in [3.63, 3.8) is 0 Å². The van der Waals surface area contributed by atoms with Crippen molar-refractivity contribution >= 4 is 22.9 Å². The van der Waals surface area contributed by atoms with E-state index in [1.54, 1.807) is 23.9 Å². The topological polar surface area (TPSA) is 37.8 Å². The molecule has 5 heteroatoms. The van der Waals surface area contributed by atoms with Crippen LogP contribution in [0.1, 0.15) is 10.6 Å². The Labute approximate surface area is 97.2 Å². The second-order valence-electron chi connectivity index (χ2n) is 3.04. The van der Waals surface area contributed by atoms with Gasteiger partial charge < -0.3 is 5.32 Å². The Morgan fingerprint density at radius 3 is 3.00 bits per heavy atom. The fourth-order valence-corrected chi connectivity index (χ4v) is 2.23. The SMILES string of the molecule is Clc1csc(CNCc2ccncn2)c1. The Morgan fingerprint density at radius 2 is 2.33 bits per heavy atom. The van der Waals surface area contributed by atoms with Crippen molar-refractivity contribution < 1.29 is 0 Å². The van der Waals surface area contributed by atoms with Gasteiger partial charge in [0.05, 0.1) is 10.7 Å². The van der Waals surface area contributed by atoms with Crippen LogP contribution in [-0.2, 0) is 13.1 Å². The third-order valence-electron chi connectivity index (χ3n) is 1.87. The predicted octanol–water partition coefficient (Wildman–Crippen LogP) is 2.48. The Hall–Kier alpha value is -0.970. The van der Waals surface area contributed by atoms with Crippen molar-refractivity contribution in [1.29, 1.82) is 0 Å². The van der Waals surface area contributed by atoms with Crippen LogP contribution < -0.4 is 5.32 Å². The third kappa shape index (κ3) is 3.27. The summed E-state index contributed by atoms with van der Waals surface area (Å²) in [5, 5.41) is 6.03. The van der Waals surface area contributed by atoms with Gasteiger partial charge in [0, 0.05) is 29.5 Å². The van der Waals surface area contributed by atoms with Crippen LogP contribution in [0.4, 0.5) is 0 Å². The van der Waals surface area contributed by atoms with Gasteiger partial charge in [-0.2, -0.15) is 0 Å². The van der Waals surface area contributed by atoms with Gasteiger partial charge in [-0.3, -0.25) is 0 Å². The van der Waals surface area contributed by atoms with Crippen molar-refractivity contribution in [3.05, 3.63) is 45.6 Å². The van der Waals surface area contributed by atoms with Crippen LogP contribution in [0.15, 0.2) is 30.0 Å². The fraction of sp³-hybridized carbons (Fsp3) is 0.200. The van der Waals surface area contributed by atoms with Crippen molar-refractivity contribution in [3.8, 4) is 0 Å². The summed E-state index contributed by atoms with van der Waals surface area (Å²) in [5.41, 5.74) is 0.993. The van der Waals surface area contributed by atoms with E-state index in [1.807, 2.05) is 17.5 Å². The van der Waals surface area contributed by atoms with E-state index < -0.39 is 0 Å². The Bertz CT molecular complexity index is 416. The normalized spacial score (nSPS) is 10.5. The second-order valence-corrected chi connectivity index (χ2v) is 4.47. The van der Waals surface area contributed by atoms with Crippen molar-refractivity contribution in [2.75, 3.05) is 0 Å². The molecule has 2 heterocycles. The van der Waals surface area contributed by atoms with Crippen LogP contribution in [0.25, 0.3) is 0 Å². The second kappa shape index (κ2) is 5.21. The molecule has 0 radical (unpaired) electrons. The number of thiophene rings is 1. The van der Waals surface area contributed by atoms with Gasteiger partial charge in [0.1, 0.15) is 6.33 Å². The predicted molar refractivity (Wildman–Crippen MR) is 61.9 cm³/mol. The average Bonchev–Trinajstić information content (AvgIpc) is 2.66. The van der Waals surface area contributed by atoms with Gasteiger partial charge in [-0.15, -0.1) is 11.3 Å². The molecule has 2 aromatic heterocycles. The third-order valence-corrected chi connectivity index (χ3v) is 3.15. The number of aromatic nitrogens is 2. The summed E-state index contributed by atoms with van der Waals surface area (Å²) >= 11 is 7.48. The molecule has 2 aromatic rings. The van der Waals surface area contributed by atoms with E-state index >= 15 is 0 Å². The maximum absolute atomic E-state index is 5.82. The molecule has 0 fully saturated rings. The largest absolute Gasteiger partial charge is 0.306 e. The van der Waals surface area contributed by atoms with E-state index in [4.69, 9.17) is 11.6 Å². The summed E-state index contributed by atoms with van der Waals surface area (Å²) in [7, 11) is 0. The van der Waals surface area contributed by atoms with Crippen LogP contribution >= 0.6 is 22.9 Å². The lowest BCUT2D eigenvalue weighted by atomic mass is 10.4. The Kier molecular flexibility index (Phi) is 3.66. The molecule has 2 rings (SSSR count). The first-order valence-electron chi connectivity index (χ1n) is 4.53. The minimum Gasteiger partial charge on any atom is -0.306 e. The first-order valence-corrected chi connectivity index (χ1v) is 5.79. The summed E-state index contributed by atoms with van der Waals surface area (Å²) in [6.45, 7) is 1.57. The minimum atomic E-state index is 0.748. The molecule has 0 aromatic carbocycles. The highest BCUT2D eigenvalue weighted by Gasteiger charge is 1.97. The molecule has 0 aliphatic carbocycles. The zero-order chi connectivity index (χ0) is 10.5. The van der Waals surface area contributed by atoms with Gasteiger partial charge in [-0.1, -0.05) is 11.6 Å². The summed E-state index contributed by atoms with van der Waals surface area (Å²) < 4.78 is 0. The molecule has 3 nitrogen and oxygen atoms in total. The summed E-state index contributed by atoms with van der Waals surface area (Å²) in [6, 6.07) is 3.87. The van der Waals surface area contributed by atoms with Crippen molar-refractivity contribution in [1.82, 2.24) is 15.3 Å².